The van der Waals surface area contributed by atoms with Crippen LogP contribution in [0.4, 0.5) is 0 Å². The molecule has 1 saturated carbocycles. The third kappa shape index (κ3) is 3.70. The van der Waals surface area contributed by atoms with Crippen molar-refractivity contribution in [3.8, 4) is 0 Å². The van der Waals surface area contributed by atoms with Crippen molar-refractivity contribution in [2.45, 2.75) is 44.6 Å². The smallest absolute Gasteiger partial charge is 0.0589 e. The Kier molecular flexibility index (Phi) is 4.50. The van der Waals surface area contributed by atoms with E-state index in [1.165, 1.54) is 38.5 Å². The number of nitrogens with one attached hydrogen (secondary N) is 2. The molecular formula is C8H19N3. The highest BCUT2D eigenvalue weighted by molar-refractivity contribution is 4.69. The average molecular weight is 157 g/mol. The van der Waals surface area contributed by atoms with Crippen LogP contribution in [0.3, 0.4) is 0 Å². The van der Waals surface area contributed by atoms with E-state index in [2.05, 4.69) is 10.7 Å². The lowest BCUT2D eigenvalue weighted by Gasteiger charge is -2.14. The minimum absolute atomic E-state index is 0.702. The quantitative estimate of drug-likeness (QED) is 0.245. The van der Waals surface area contributed by atoms with Gasteiger partial charge in [0.25, 0.3) is 0 Å². The number of hydrogen-bond donors (Lipinski definition) is 3. The van der Waals surface area contributed by atoms with E-state index in [-0.39, 0.29) is 0 Å². The highest BCUT2D eigenvalue weighted by Gasteiger charge is 2.09. The molecule has 0 atom stereocenters. The highest BCUT2D eigenvalue weighted by atomic mass is 15.3. The topological polar surface area (TPSA) is 50.1 Å². The molecule has 0 spiro atoms. The van der Waals surface area contributed by atoms with Crippen LogP contribution in [0.1, 0.15) is 38.5 Å². The summed E-state index contributed by atoms with van der Waals surface area (Å²) < 4.78 is 0. The zero-order chi connectivity index (χ0) is 7.94. The maximum absolute atomic E-state index is 5.17. The largest absolute Gasteiger partial charge is 0.301 e. The van der Waals surface area contributed by atoms with E-state index in [0.717, 1.165) is 6.67 Å². The molecule has 66 valence electrons. The molecule has 0 aromatic heterocycles. The maximum Gasteiger partial charge on any atom is 0.0589 e. The second kappa shape index (κ2) is 5.52. The fourth-order valence-electron chi connectivity index (χ4n) is 1.69. The molecule has 0 heterocycles. The Bertz CT molecular complexity index is 87.3. The molecular weight excluding hydrogens is 138 g/mol. The molecule has 0 aromatic rings. The standard InChI is InChI=1S/C8H19N3/c9-11-7-10-8-5-3-1-2-4-6-8/h8,10-11H,1-7,9H2. The number of rotatable bonds is 3. The molecule has 0 radical (unpaired) electrons. The van der Waals surface area contributed by atoms with Gasteiger partial charge in [0, 0.05) is 6.04 Å². The summed E-state index contributed by atoms with van der Waals surface area (Å²) in [5, 5.41) is 3.38. The molecule has 3 nitrogen and oxygen atoms in total. The minimum atomic E-state index is 0.702. The fourth-order valence-corrected chi connectivity index (χ4v) is 1.69. The van der Waals surface area contributed by atoms with Crippen LogP contribution < -0.4 is 16.6 Å². The van der Waals surface area contributed by atoms with Gasteiger partial charge in [-0.3, -0.25) is 5.84 Å². The Morgan fingerprint density at radius 1 is 1.09 bits per heavy atom. The van der Waals surface area contributed by atoms with Crippen molar-refractivity contribution >= 4 is 0 Å². The average Bonchev–Trinajstić information content (AvgIpc) is 2.28. The van der Waals surface area contributed by atoms with Crippen molar-refractivity contribution in [1.29, 1.82) is 0 Å². The zero-order valence-electron chi connectivity index (χ0n) is 7.10. The molecule has 0 saturated heterocycles. The van der Waals surface area contributed by atoms with E-state index in [1.54, 1.807) is 0 Å². The van der Waals surface area contributed by atoms with Crippen molar-refractivity contribution < 1.29 is 0 Å². The predicted molar refractivity (Wildman–Crippen MR) is 46.8 cm³/mol. The van der Waals surface area contributed by atoms with Crippen molar-refractivity contribution in [2.24, 2.45) is 5.84 Å². The third-order valence-corrected chi connectivity index (χ3v) is 2.35. The Balaban J connectivity index is 2.09. The summed E-state index contributed by atoms with van der Waals surface area (Å²) in [6, 6.07) is 0.702. The van der Waals surface area contributed by atoms with Crippen LogP contribution in [0.2, 0.25) is 0 Å². The van der Waals surface area contributed by atoms with Gasteiger partial charge < -0.3 is 5.32 Å². The zero-order valence-corrected chi connectivity index (χ0v) is 7.10. The van der Waals surface area contributed by atoms with Gasteiger partial charge in [-0.15, -0.1) is 0 Å². The first-order valence-corrected chi connectivity index (χ1v) is 4.60. The summed E-state index contributed by atoms with van der Waals surface area (Å²) in [5.41, 5.74) is 2.62. The fraction of sp³-hybridized carbons (Fsp3) is 1.00. The number of hydrogen-bond acceptors (Lipinski definition) is 3. The maximum atomic E-state index is 5.17. The molecule has 1 rings (SSSR count). The minimum Gasteiger partial charge on any atom is -0.301 e. The third-order valence-electron chi connectivity index (χ3n) is 2.35. The van der Waals surface area contributed by atoms with Gasteiger partial charge in [-0.2, -0.15) is 0 Å². The molecule has 11 heavy (non-hydrogen) atoms. The van der Waals surface area contributed by atoms with Gasteiger partial charge >= 0.3 is 0 Å². The van der Waals surface area contributed by atoms with Crippen LogP contribution in [0, 0.1) is 0 Å². The molecule has 0 bridgehead atoms. The van der Waals surface area contributed by atoms with Crippen molar-refractivity contribution in [3.05, 3.63) is 0 Å². The molecule has 0 aromatic carbocycles. The summed E-state index contributed by atoms with van der Waals surface area (Å²) in [6.45, 7) is 0.741. The summed E-state index contributed by atoms with van der Waals surface area (Å²) in [7, 11) is 0. The molecule has 0 amide bonds. The predicted octanol–water partition coefficient (Wildman–Crippen LogP) is 0.720. The second-order valence-corrected chi connectivity index (χ2v) is 3.27. The van der Waals surface area contributed by atoms with Gasteiger partial charge in [0.15, 0.2) is 0 Å². The monoisotopic (exact) mass is 157 g/mol. The normalized spacial score (nSPS) is 21.5. The van der Waals surface area contributed by atoms with E-state index >= 15 is 0 Å². The van der Waals surface area contributed by atoms with Crippen molar-refractivity contribution in [1.82, 2.24) is 10.7 Å². The molecule has 4 N–H and O–H groups in total. The lowest BCUT2D eigenvalue weighted by Crippen LogP contribution is -2.39. The van der Waals surface area contributed by atoms with Gasteiger partial charge in [-0.05, 0) is 12.8 Å². The van der Waals surface area contributed by atoms with Gasteiger partial charge in [-0.25, -0.2) is 5.43 Å². The lowest BCUT2D eigenvalue weighted by atomic mass is 10.1. The summed E-state index contributed by atoms with van der Waals surface area (Å²) >= 11 is 0. The molecule has 1 aliphatic rings. The SMILES string of the molecule is NNCNC1CCCCCC1. The summed E-state index contributed by atoms with van der Waals surface area (Å²) in [5.74, 6) is 5.17. The first kappa shape index (κ1) is 8.97. The Morgan fingerprint density at radius 3 is 2.27 bits per heavy atom. The number of nitrogens with two attached hydrogens (primary N) is 1. The van der Waals surface area contributed by atoms with Gasteiger partial charge in [0.05, 0.1) is 6.67 Å². The molecule has 3 heteroatoms. The highest BCUT2D eigenvalue weighted by Crippen LogP contribution is 2.16. The lowest BCUT2D eigenvalue weighted by molar-refractivity contribution is 0.440. The van der Waals surface area contributed by atoms with E-state index in [4.69, 9.17) is 5.84 Å². The van der Waals surface area contributed by atoms with Gasteiger partial charge in [0.2, 0.25) is 0 Å². The number of hydrazine groups is 1. The van der Waals surface area contributed by atoms with Gasteiger partial charge in [0.1, 0.15) is 0 Å². The van der Waals surface area contributed by atoms with Crippen LogP contribution in [0.25, 0.3) is 0 Å². The molecule has 1 aliphatic carbocycles. The van der Waals surface area contributed by atoms with Crippen LogP contribution in [0.15, 0.2) is 0 Å². The van der Waals surface area contributed by atoms with Crippen molar-refractivity contribution in [3.63, 3.8) is 0 Å². The van der Waals surface area contributed by atoms with Gasteiger partial charge in [-0.1, -0.05) is 25.7 Å². The first-order chi connectivity index (χ1) is 5.43. The van der Waals surface area contributed by atoms with Crippen LogP contribution in [-0.2, 0) is 0 Å². The second-order valence-electron chi connectivity index (χ2n) is 3.27. The Morgan fingerprint density at radius 2 is 1.73 bits per heavy atom. The summed E-state index contributed by atoms with van der Waals surface area (Å²) in [6.07, 6.45) is 8.22. The van der Waals surface area contributed by atoms with E-state index < -0.39 is 0 Å². The van der Waals surface area contributed by atoms with Crippen LogP contribution in [-0.4, -0.2) is 12.7 Å². The molecule has 0 aliphatic heterocycles. The molecule has 0 unspecified atom stereocenters. The first-order valence-electron chi connectivity index (χ1n) is 4.60. The van der Waals surface area contributed by atoms with E-state index in [9.17, 15) is 0 Å². The summed E-state index contributed by atoms with van der Waals surface area (Å²) in [4.78, 5) is 0. The Hall–Kier alpha value is -0.120. The van der Waals surface area contributed by atoms with E-state index in [1.807, 2.05) is 0 Å². The van der Waals surface area contributed by atoms with Crippen LogP contribution in [0.5, 0.6) is 0 Å². The van der Waals surface area contributed by atoms with Crippen LogP contribution >= 0.6 is 0 Å². The van der Waals surface area contributed by atoms with Crippen molar-refractivity contribution in [2.75, 3.05) is 6.67 Å². The van der Waals surface area contributed by atoms with E-state index in [0.29, 0.717) is 6.04 Å². The Labute approximate surface area is 68.7 Å². The molecule has 1 fully saturated rings.